The number of ether oxygens (including phenoxy) is 2. The van der Waals surface area contributed by atoms with Crippen LogP contribution in [0.2, 0.25) is 0 Å². The number of rotatable bonds is 6. The van der Waals surface area contributed by atoms with Crippen molar-refractivity contribution in [3.63, 3.8) is 0 Å². The number of carbonyl (C=O) groups excluding carboxylic acids is 1. The maximum absolute atomic E-state index is 12.4. The maximum Gasteiger partial charge on any atom is 0.329 e. The molecule has 1 fully saturated rings. The summed E-state index contributed by atoms with van der Waals surface area (Å²) < 4.78 is 10.4. The van der Waals surface area contributed by atoms with Crippen LogP contribution < -0.4 is 14.8 Å². The standard InChI is InChI=1S/C17H23NO5/c1-22-13-7-6-12(14(11-13)23-2)10-15(19)18-17(16(20)21)8-4-3-5-9-17/h6-7,11H,3-5,8-10H2,1-2H3,(H,18,19)(H,20,21). The van der Waals surface area contributed by atoms with E-state index in [9.17, 15) is 14.7 Å². The van der Waals surface area contributed by atoms with E-state index >= 15 is 0 Å². The number of hydrogen-bond acceptors (Lipinski definition) is 4. The Balaban J connectivity index is 2.11. The van der Waals surface area contributed by atoms with Crippen LogP contribution in [0.5, 0.6) is 11.5 Å². The first-order valence-corrected chi connectivity index (χ1v) is 7.76. The lowest BCUT2D eigenvalue weighted by Crippen LogP contribution is -2.56. The smallest absolute Gasteiger partial charge is 0.329 e. The minimum Gasteiger partial charge on any atom is -0.497 e. The molecule has 23 heavy (non-hydrogen) atoms. The summed E-state index contributed by atoms with van der Waals surface area (Å²) in [7, 11) is 3.08. The Labute approximate surface area is 135 Å². The molecule has 0 unspecified atom stereocenters. The number of carboxylic acid groups (broad SMARTS) is 1. The average molecular weight is 321 g/mol. The molecule has 1 aromatic carbocycles. The number of aliphatic carboxylic acids is 1. The summed E-state index contributed by atoms with van der Waals surface area (Å²) in [5.41, 5.74) is -0.433. The summed E-state index contributed by atoms with van der Waals surface area (Å²) in [5, 5.41) is 12.3. The Kier molecular flexibility index (Phi) is 5.47. The zero-order valence-corrected chi connectivity index (χ0v) is 13.6. The van der Waals surface area contributed by atoms with Gasteiger partial charge < -0.3 is 19.9 Å². The van der Waals surface area contributed by atoms with Crippen molar-refractivity contribution in [2.24, 2.45) is 0 Å². The van der Waals surface area contributed by atoms with Crippen molar-refractivity contribution in [1.82, 2.24) is 5.32 Å². The number of nitrogens with one attached hydrogen (secondary N) is 1. The van der Waals surface area contributed by atoms with E-state index in [1.807, 2.05) is 0 Å². The Morgan fingerprint density at radius 3 is 2.43 bits per heavy atom. The first kappa shape index (κ1) is 17.1. The summed E-state index contributed by atoms with van der Waals surface area (Å²) in [6.45, 7) is 0. The highest BCUT2D eigenvalue weighted by Gasteiger charge is 2.40. The predicted molar refractivity (Wildman–Crippen MR) is 84.8 cm³/mol. The van der Waals surface area contributed by atoms with Crippen LogP contribution in [0, 0.1) is 0 Å². The third-order valence-electron chi connectivity index (χ3n) is 4.34. The van der Waals surface area contributed by atoms with Crippen LogP contribution >= 0.6 is 0 Å². The van der Waals surface area contributed by atoms with Crippen LogP contribution in [0.25, 0.3) is 0 Å². The lowest BCUT2D eigenvalue weighted by atomic mass is 9.81. The fourth-order valence-electron chi connectivity index (χ4n) is 3.03. The van der Waals surface area contributed by atoms with E-state index < -0.39 is 11.5 Å². The Morgan fingerprint density at radius 1 is 1.17 bits per heavy atom. The van der Waals surface area contributed by atoms with Gasteiger partial charge in [0.1, 0.15) is 17.0 Å². The van der Waals surface area contributed by atoms with Gasteiger partial charge in [0.2, 0.25) is 5.91 Å². The van der Waals surface area contributed by atoms with Crippen LogP contribution in [0.15, 0.2) is 18.2 Å². The van der Waals surface area contributed by atoms with E-state index in [0.29, 0.717) is 29.9 Å². The molecule has 2 N–H and O–H groups in total. The molecule has 6 heteroatoms. The number of hydrogen-bond donors (Lipinski definition) is 2. The van der Waals surface area contributed by atoms with Crippen molar-refractivity contribution < 1.29 is 24.2 Å². The fourth-order valence-corrected chi connectivity index (χ4v) is 3.03. The normalized spacial score (nSPS) is 16.4. The molecule has 0 aromatic heterocycles. The monoisotopic (exact) mass is 321 g/mol. The third kappa shape index (κ3) is 3.94. The Bertz CT molecular complexity index is 578. The van der Waals surface area contributed by atoms with Crippen molar-refractivity contribution in [1.29, 1.82) is 0 Å². The third-order valence-corrected chi connectivity index (χ3v) is 4.34. The topological polar surface area (TPSA) is 84.9 Å². The molecule has 6 nitrogen and oxygen atoms in total. The van der Waals surface area contributed by atoms with E-state index in [1.54, 1.807) is 25.3 Å². The molecule has 0 saturated heterocycles. The van der Waals surface area contributed by atoms with Crippen molar-refractivity contribution in [2.75, 3.05) is 14.2 Å². The summed E-state index contributed by atoms with van der Waals surface area (Å²) >= 11 is 0. The van der Waals surface area contributed by atoms with Gasteiger partial charge in [0.15, 0.2) is 0 Å². The zero-order valence-electron chi connectivity index (χ0n) is 13.6. The van der Waals surface area contributed by atoms with Crippen LogP contribution in [0.4, 0.5) is 0 Å². The fraction of sp³-hybridized carbons (Fsp3) is 0.529. The van der Waals surface area contributed by atoms with Gasteiger partial charge in [0, 0.05) is 11.6 Å². The van der Waals surface area contributed by atoms with Crippen LogP contribution in [0.1, 0.15) is 37.7 Å². The molecule has 2 rings (SSSR count). The number of benzene rings is 1. The molecule has 126 valence electrons. The highest BCUT2D eigenvalue weighted by Crippen LogP contribution is 2.29. The molecule has 0 heterocycles. The van der Waals surface area contributed by atoms with Gasteiger partial charge in [-0.2, -0.15) is 0 Å². The largest absolute Gasteiger partial charge is 0.497 e. The molecule has 1 aromatic rings. The zero-order chi connectivity index (χ0) is 16.9. The highest BCUT2D eigenvalue weighted by molar-refractivity contribution is 5.88. The molecular formula is C17H23NO5. The molecule has 1 saturated carbocycles. The molecule has 1 aliphatic carbocycles. The van der Waals surface area contributed by atoms with E-state index in [4.69, 9.17) is 9.47 Å². The summed E-state index contributed by atoms with van der Waals surface area (Å²) in [4.78, 5) is 24.0. The van der Waals surface area contributed by atoms with Crippen LogP contribution in [0.3, 0.4) is 0 Å². The molecule has 0 aliphatic heterocycles. The van der Waals surface area contributed by atoms with Crippen LogP contribution in [-0.2, 0) is 16.0 Å². The predicted octanol–water partition coefficient (Wildman–Crippen LogP) is 2.15. The summed E-state index contributed by atoms with van der Waals surface area (Å²) in [6.07, 6.45) is 3.68. The molecule has 1 amide bonds. The molecule has 0 radical (unpaired) electrons. The second kappa shape index (κ2) is 7.35. The van der Waals surface area contributed by atoms with E-state index in [1.165, 1.54) is 7.11 Å². The first-order chi connectivity index (χ1) is 11.0. The minimum atomic E-state index is -1.13. The van der Waals surface area contributed by atoms with Gasteiger partial charge in [-0.25, -0.2) is 4.79 Å². The van der Waals surface area contributed by atoms with Crippen molar-refractivity contribution in [3.05, 3.63) is 23.8 Å². The number of carbonyl (C=O) groups is 2. The number of carboxylic acids is 1. The average Bonchev–Trinajstić information content (AvgIpc) is 2.55. The quantitative estimate of drug-likeness (QED) is 0.838. The lowest BCUT2D eigenvalue weighted by molar-refractivity contribution is -0.149. The lowest BCUT2D eigenvalue weighted by Gasteiger charge is -2.34. The van der Waals surface area contributed by atoms with E-state index in [0.717, 1.165) is 19.3 Å². The maximum atomic E-state index is 12.4. The number of amides is 1. The van der Waals surface area contributed by atoms with E-state index in [2.05, 4.69) is 5.32 Å². The second-order valence-corrected chi connectivity index (χ2v) is 5.85. The van der Waals surface area contributed by atoms with Gasteiger partial charge in [-0.3, -0.25) is 4.79 Å². The highest BCUT2D eigenvalue weighted by atomic mass is 16.5. The van der Waals surface area contributed by atoms with Crippen molar-refractivity contribution in [3.8, 4) is 11.5 Å². The second-order valence-electron chi connectivity index (χ2n) is 5.85. The SMILES string of the molecule is COc1ccc(CC(=O)NC2(C(=O)O)CCCCC2)c(OC)c1. The van der Waals surface area contributed by atoms with Crippen LogP contribution in [-0.4, -0.2) is 36.7 Å². The first-order valence-electron chi connectivity index (χ1n) is 7.76. The summed E-state index contributed by atoms with van der Waals surface area (Å²) in [5.74, 6) is -0.0715. The molecular weight excluding hydrogens is 298 g/mol. The van der Waals surface area contributed by atoms with Gasteiger partial charge in [-0.1, -0.05) is 25.3 Å². The van der Waals surface area contributed by atoms with Crippen molar-refractivity contribution in [2.45, 2.75) is 44.1 Å². The molecule has 0 spiro atoms. The van der Waals surface area contributed by atoms with E-state index in [-0.39, 0.29) is 12.3 Å². The van der Waals surface area contributed by atoms with Gasteiger partial charge in [-0.05, 0) is 18.9 Å². The Hall–Kier alpha value is -2.24. The summed E-state index contributed by atoms with van der Waals surface area (Å²) in [6, 6.07) is 5.21. The molecule has 0 atom stereocenters. The van der Waals surface area contributed by atoms with Gasteiger partial charge in [0.25, 0.3) is 0 Å². The Morgan fingerprint density at radius 2 is 1.87 bits per heavy atom. The minimum absolute atomic E-state index is 0.0716. The molecule has 0 bridgehead atoms. The van der Waals surface area contributed by atoms with Gasteiger partial charge in [0.05, 0.1) is 20.6 Å². The number of methoxy groups -OCH3 is 2. The van der Waals surface area contributed by atoms with Gasteiger partial charge in [-0.15, -0.1) is 0 Å². The van der Waals surface area contributed by atoms with Crippen molar-refractivity contribution >= 4 is 11.9 Å². The van der Waals surface area contributed by atoms with Gasteiger partial charge >= 0.3 is 5.97 Å². The molecule has 1 aliphatic rings.